The molecule has 3 aliphatic rings. The van der Waals surface area contributed by atoms with Gasteiger partial charge in [0.15, 0.2) is 24.0 Å². The van der Waals surface area contributed by atoms with E-state index in [9.17, 15) is 4.79 Å². The van der Waals surface area contributed by atoms with Crippen molar-refractivity contribution in [3.8, 4) is 5.75 Å². The number of hydrazone groups is 1. The van der Waals surface area contributed by atoms with Gasteiger partial charge < -0.3 is 33.0 Å². The van der Waals surface area contributed by atoms with E-state index in [1.807, 2.05) is 93.9 Å². The van der Waals surface area contributed by atoms with Crippen LogP contribution in [0.3, 0.4) is 0 Å². The van der Waals surface area contributed by atoms with Crippen LogP contribution < -0.4 is 10.2 Å². The van der Waals surface area contributed by atoms with E-state index >= 15 is 0 Å². The van der Waals surface area contributed by atoms with Crippen molar-refractivity contribution in [1.82, 2.24) is 9.99 Å². The van der Waals surface area contributed by atoms with Gasteiger partial charge in [0.2, 0.25) is 0 Å². The zero-order valence-electron chi connectivity index (χ0n) is 22.7. The number of fused-ring (bicyclic) bond motifs is 2. The number of hydrogen-bond acceptors (Lipinski definition) is 8. The number of aryl methyl sites for hydroxylation is 1. The molecule has 1 N–H and O–H groups in total. The number of rotatable bonds is 6. The van der Waals surface area contributed by atoms with Crippen molar-refractivity contribution in [3.63, 3.8) is 0 Å². The summed E-state index contributed by atoms with van der Waals surface area (Å²) in [5.74, 6) is -1.22. The van der Waals surface area contributed by atoms with Crippen molar-refractivity contribution < 1.29 is 33.2 Å². The number of aromatic nitrogens is 1. The number of carbonyl (C=O) groups is 1. The molecule has 4 atom stereocenters. The lowest BCUT2D eigenvalue weighted by atomic mass is 10.1. The summed E-state index contributed by atoms with van der Waals surface area (Å²) in [6.45, 7) is 8.10. The van der Waals surface area contributed by atoms with Crippen LogP contribution in [0.2, 0.25) is 0 Å². The Hall–Kier alpha value is -3.28. The summed E-state index contributed by atoms with van der Waals surface area (Å²) in [4.78, 5) is 13.3. The van der Waals surface area contributed by atoms with E-state index in [1.165, 1.54) is 0 Å². The van der Waals surface area contributed by atoms with Crippen LogP contribution in [0.5, 0.6) is 5.75 Å². The zero-order chi connectivity index (χ0) is 27.4. The Morgan fingerprint density at radius 2 is 1.82 bits per heavy atom. The van der Waals surface area contributed by atoms with Crippen LogP contribution in [0.4, 0.5) is 0 Å². The second-order valence-corrected chi connectivity index (χ2v) is 10.9. The molecule has 3 aliphatic heterocycles. The van der Waals surface area contributed by atoms with Gasteiger partial charge in [-0.2, -0.15) is 5.10 Å². The maximum absolute atomic E-state index is 13.3. The smallest absolute Gasteiger partial charge is 0.287 e. The van der Waals surface area contributed by atoms with Crippen molar-refractivity contribution >= 4 is 22.5 Å². The lowest BCUT2D eigenvalue weighted by Gasteiger charge is -2.24. The summed E-state index contributed by atoms with van der Waals surface area (Å²) >= 11 is 0. The van der Waals surface area contributed by atoms with E-state index in [1.54, 1.807) is 0 Å². The summed E-state index contributed by atoms with van der Waals surface area (Å²) in [5, 5.41) is 5.37. The summed E-state index contributed by atoms with van der Waals surface area (Å²) in [7, 11) is 1.84. The SMILES string of the molecule is Cn1c(C(=O)N/N=C2\C(C3COC(C)(C)O3)OC3OC(C)(C)OC23)cc2cc(OCc3ccccc3)ccc21. The third kappa shape index (κ3) is 5.18. The summed E-state index contributed by atoms with van der Waals surface area (Å²) in [6, 6.07) is 17.6. The maximum atomic E-state index is 13.3. The van der Waals surface area contributed by atoms with Gasteiger partial charge in [-0.1, -0.05) is 30.3 Å². The first kappa shape index (κ1) is 26.0. The molecule has 4 unspecified atom stereocenters. The van der Waals surface area contributed by atoms with Crippen LogP contribution in [0.25, 0.3) is 10.9 Å². The molecule has 1 aromatic heterocycles. The van der Waals surface area contributed by atoms with Gasteiger partial charge >= 0.3 is 0 Å². The minimum Gasteiger partial charge on any atom is -0.489 e. The minimum atomic E-state index is -0.840. The average Bonchev–Trinajstić information content (AvgIpc) is 3.61. The van der Waals surface area contributed by atoms with Crippen molar-refractivity contribution in [1.29, 1.82) is 0 Å². The molecule has 0 aliphatic carbocycles. The molecule has 0 radical (unpaired) electrons. The highest BCUT2D eigenvalue weighted by Gasteiger charge is 2.56. The maximum Gasteiger partial charge on any atom is 0.287 e. The highest BCUT2D eigenvalue weighted by Crippen LogP contribution is 2.39. The Labute approximate surface area is 226 Å². The fourth-order valence-corrected chi connectivity index (χ4v) is 5.22. The molecule has 1 amide bonds. The predicted molar refractivity (Wildman–Crippen MR) is 142 cm³/mol. The van der Waals surface area contributed by atoms with E-state index in [-0.39, 0.29) is 5.91 Å². The molecule has 2 aromatic carbocycles. The summed E-state index contributed by atoms with van der Waals surface area (Å²) in [5.41, 5.74) is 5.64. The zero-order valence-corrected chi connectivity index (χ0v) is 22.7. The lowest BCUT2D eigenvalue weighted by molar-refractivity contribution is -0.211. The molecule has 206 valence electrons. The Morgan fingerprint density at radius 1 is 1.03 bits per heavy atom. The van der Waals surface area contributed by atoms with Crippen molar-refractivity contribution in [3.05, 3.63) is 65.9 Å². The molecule has 6 rings (SSSR count). The standard InChI is InChI=1S/C29H33N3O7/c1-28(2)35-16-22(37-28)24-23(25-27(36-24)39-29(3,4)38-25)30-31-26(33)21-14-18-13-19(11-12-20(18)32(21)5)34-15-17-9-7-6-8-10-17/h6-14,22,24-25,27H,15-16H2,1-5H3,(H,31,33)/b30-23+. The van der Waals surface area contributed by atoms with Gasteiger partial charge in [-0.3, -0.25) is 4.79 Å². The van der Waals surface area contributed by atoms with Gasteiger partial charge in [0.1, 0.15) is 36.0 Å². The second-order valence-electron chi connectivity index (χ2n) is 10.9. The van der Waals surface area contributed by atoms with Gasteiger partial charge in [-0.25, -0.2) is 5.43 Å². The van der Waals surface area contributed by atoms with E-state index in [0.717, 1.165) is 22.2 Å². The molecule has 3 aromatic rings. The topological polar surface area (TPSA) is 102 Å². The molecule has 4 heterocycles. The van der Waals surface area contributed by atoms with Gasteiger partial charge in [-0.05, 0) is 57.5 Å². The highest BCUT2D eigenvalue weighted by molar-refractivity contribution is 6.01. The van der Waals surface area contributed by atoms with Gasteiger partial charge in [-0.15, -0.1) is 0 Å². The first-order valence-electron chi connectivity index (χ1n) is 13.1. The molecule has 39 heavy (non-hydrogen) atoms. The van der Waals surface area contributed by atoms with E-state index < -0.39 is 36.2 Å². The van der Waals surface area contributed by atoms with Crippen LogP contribution in [0.1, 0.15) is 43.7 Å². The molecule has 10 nitrogen and oxygen atoms in total. The van der Waals surface area contributed by atoms with Gasteiger partial charge in [0.25, 0.3) is 5.91 Å². The Balaban J connectivity index is 1.21. The van der Waals surface area contributed by atoms with Crippen molar-refractivity contribution in [2.45, 2.75) is 70.5 Å². The Morgan fingerprint density at radius 3 is 2.56 bits per heavy atom. The normalized spacial score (nSPS) is 28.2. The third-order valence-corrected chi connectivity index (χ3v) is 7.07. The number of nitrogens with zero attached hydrogens (tertiary/aromatic N) is 2. The summed E-state index contributed by atoms with van der Waals surface area (Å²) < 4.78 is 37.6. The molecule has 10 heteroatoms. The van der Waals surface area contributed by atoms with Gasteiger partial charge in [0.05, 0.1) is 6.61 Å². The van der Waals surface area contributed by atoms with Crippen LogP contribution in [-0.4, -0.2) is 59.0 Å². The van der Waals surface area contributed by atoms with Crippen LogP contribution in [0, 0.1) is 0 Å². The fourth-order valence-electron chi connectivity index (χ4n) is 5.22. The summed E-state index contributed by atoms with van der Waals surface area (Å²) in [6.07, 6.45) is -2.23. The van der Waals surface area contributed by atoms with Crippen molar-refractivity contribution in [2.75, 3.05) is 6.61 Å². The first-order chi connectivity index (χ1) is 18.6. The minimum absolute atomic E-state index is 0.325. The van der Waals surface area contributed by atoms with E-state index in [2.05, 4.69) is 10.5 Å². The molecular formula is C29H33N3O7. The van der Waals surface area contributed by atoms with Crippen LogP contribution >= 0.6 is 0 Å². The quantitative estimate of drug-likeness (QED) is 0.478. The number of ether oxygens (including phenoxy) is 6. The Kier molecular flexibility index (Phi) is 6.47. The number of benzene rings is 2. The van der Waals surface area contributed by atoms with E-state index in [4.69, 9.17) is 28.4 Å². The van der Waals surface area contributed by atoms with E-state index in [0.29, 0.717) is 24.6 Å². The van der Waals surface area contributed by atoms with Gasteiger partial charge in [0, 0.05) is 18.0 Å². The molecule has 3 saturated heterocycles. The van der Waals surface area contributed by atoms with Crippen LogP contribution in [0.15, 0.2) is 59.7 Å². The first-order valence-corrected chi connectivity index (χ1v) is 13.1. The Bertz CT molecular complexity index is 1420. The molecule has 0 spiro atoms. The molecule has 3 fully saturated rings. The molecule has 0 bridgehead atoms. The molecular weight excluding hydrogens is 502 g/mol. The fraction of sp³-hybridized carbons (Fsp3) is 0.448. The predicted octanol–water partition coefficient (Wildman–Crippen LogP) is 3.87. The van der Waals surface area contributed by atoms with Crippen molar-refractivity contribution in [2.24, 2.45) is 12.1 Å². The largest absolute Gasteiger partial charge is 0.489 e. The molecule has 0 saturated carbocycles. The second kappa shape index (κ2) is 9.72. The number of carbonyl (C=O) groups excluding carboxylic acids is 1. The number of hydrogen-bond donors (Lipinski definition) is 1. The lowest BCUT2D eigenvalue weighted by Crippen LogP contribution is -2.41. The number of nitrogens with one attached hydrogen (secondary N) is 1. The monoisotopic (exact) mass is 535 g/mol. The highest BCUT2D eigenvalue weighted by atomic mass is 16.8. The third-order valence-electron chi connectivity index (χ3n) is 7.07. The average molecular weight is 536 g/mol. The van der Waals surface area contributed by atoms with Crippen LogP contribution in [-0.2, 0) is 37.3 Å². The number of amides is 1.